The van der Waals surface area contributed by atoms with Gasteiger partial charge < -0.3 is 9.72 Å². The van der Waals surface area contributed by atoms with E-state index in [4.69, 9.17) is 16.3 Å². The van der Waals surface area contributed by atoms with Gasteiger partial charge in [-0.2, -0.15) is 0 Å². The smallest absolute Gasteiger partial charge is 0.259 e. The fourth-order valence-electron chi connectivity index (χ4n) is 2.13. The Bertz CT molecular complexity index is 892. The maximum atomic E-state index is 12.2. The van der Waals surface area contributed by atoms with Crippen molar-refractivity contribution in [1.82, 2.24) is 9.97 Å². The third kappa shape index (κ3) is 2.43. The van der Waals surface area contributed by atoms with Gasteiger partial charge in [-0.3, -0.25) is 4.79 Å². The highest BCUT2D eigenvalue weighted by molar-refractivity contribution is 9.10. The number of methoxy groups -OCH3 is 1. The fraction of sp³-hybridized carbons (Fsp3) is 0.0667. The molecule has 3 rings (SSSR count). The Morgan fingerprint density at radius 1 is 1.24 bits per heavy atom. The molecule has 0 saturated carbocycles. The van der Waals surface area contributed by atoms with Crippen molar-refractivity contribution in [3.63, 3.8) is 0 Å². The van der Waals surface area contributed by atoms with Crippen LogP contribution in [0.4, 0.5) is 0 Å². The second kappa shape index (κ2) is 5.50. The number of nitrogens with zero attached hydrogens (tertiary/aromatic N) is 1. The minimum absolute atomic E-state index is 0.214. The van der Waals surface area contributed by atoms with E-state index >= 15 is 0 Å². The molecule has 1 aromatic heterocycles. The van der Waals surface area contributed by atoms with Crippen molar-refractivity contribution in [3.05, 3.63) is 56.2 Å². The van der Waals surface area contributed by atoms with Gasteiger partial charge in [0.1, 0.15) is 11.6 Å². The predicted octanol–water partition coefficient (Wildman–Crippen LogP) is 4.01. The molecule has 0 fully saturated rings. The lowest BCUT2D eigenvalue weighted by atomic mass is 10.1. The van der Waals surface area contributed by atoms with Crippen molar-refractivity contribution >= 4 is 38.4 Å². The van der Waals surface area contributed by atoms with Crippen LogP contribution in [0.1, 0.15) is 0 Å². The van der Waals surface area contributed by atoms with Crippen LogP contribution in [0.25, 0.3) is 22.3 Å². The minimum Gasteiger partial charge on any atom is -0.496 e. The SMILES string of the molecule is COc1ccc(Br)c(Cl)c1-c1nc2ccccc2c(=O)[nH]1. The maximum absolute atomic E-state index is 12.2. The molecule has 0 aliphatic carbocycles. The van der Waals surface area contributed by atoms with Gasteiger partial charge in [0, 0.05) is 4.47 Å². The standard InChI is InChI=1S/C15H10BrClN2O2/c1-21-11-7-6-9(16)13(17)12(11)14-18-10-5-3-2-4-8(10)15(20)19-14/h2-7H,1H3,(H,18,19,20). The number of halogens is 2. The highest BCUT2D eigenvalue weighted by atomic mass is 79.9. The summed E-state index contributed by atoms with van der Waals surface area (Å²) in [4.78, 5) is 19.4. The molecule has 0 bridgehead atoms. The minimum atomic E-state index is -0.214. The highest BCUT2D eigenvalue weighted by Crippen LogP contribution is 2.39. The number of hydrogen-bond donors (Lipinski definition) is 1. The molecular weight excluding hydrogens is 356 g/mol. The summed E-state index contributed by atoms with van der Waals surface area (Å²) >= 11 is 9.69. The lowest BCUT2D eigenvalue weighted by Crippen LogP contribution is -2.10. The van der Waals surface area contributed by atoms with E-state index in [2.05, 4.69) is 25.9 Å². The van der Waals surface area contributed by atoms with E-state index in [0.717, 1.165) is 0 Å². The number of rotatable bonds is 2. The number of nitrogens with one attached hydrogen (secondary N) is 1. The van der Waals surface area contributed by atoms with E-state index in [-0.39, 0.29) is 5.56 Å². The third-order valence-corrected chi connectivity index (χ3v) is 4.41. The summed E-state index contributed by atoms with van der Waals surface area (Å²) in [6.07, 6.45) is 0. The Labute approximate surface area is 133 Å². The molecule has 1 N–H and O–H groups in total. The number of ether oxygens (including phenoxy) is 1. The van der Waals surface area contributed by atoms with Crippen LogP contribution in [0.2, 0.25) is 5.02 Å². The van der Waals surface area contributed by atoms with Gasteiger partial charge in [-0.25, -0.2) is 4.98 Å². The van der Waals surface area contributed by atoms with Crippen LogP contribution in [0.5, 0.6) is 5.75 Å². The number of benzene rings is 2. The lowest BCUT2D eigenvalue weighted by Gasteiger charge is -2.11. The van der Waals surface area contributed by atoms with Gasteiger partial charge in [-0.15, -0.1) is 0 Å². The second-order valence-corrected chi connectivity index (χ2v) is 5.60. The molecule has 1 heterocycles. The van der Waals surface area contributed by atoms with Gasteiger partial charge >= 0.3 is 0 Å². The van der Waals surface area contributed by atoms with Gasteiger partial charge in [0.2, 0.25) is 0 Å². The molecule has 21 heavy (non-hydrogen) atoms. The van der Waals surface area contributed by atoms with Crippen LogP contribution in [-0.4, -0.2) is 17.1 Å². The maximum Gasteiger partial charge on any atom is 0.259 e. The molecule has 4 nitrogen and oxygen atoms in total. The monoisotopic (exact) mass is 364 g/mol. The Hall–Kier alpha value is -1.85. The molecule has 0 radical (unpaired) electrons. The molecular formula is C15H10BrClN2O2. The Balaban J connectivity index is 2.36. The van der Waals surface area contributed by atoms with E-state index in [1.54, 1.807) is 37.4 Å². The van der Waals surface area contributed by atoms with Crippen LogP contribution in [-0.2, 0) is 0 Å². The number of H-pyrrole nitrogens is 1. The summed E-state index contributed by atoms with van der Waals surface area (Å²) in [5.41, 5.74) is 0.944. The van der Waals surface area contributed by atoms with Gasteiger partial charge in [-0.05, 0) is 40.2 Å². The first-order valence-corrected chi connectivity index (χ1v) is 7.30. The largest absolute Gasteiger partial charge is 0.496 e. The molecule has 3 aromatic rings. The van der Waals surface area contributed by atoms with Crippen molar-refractivity contribution in [2.75, 3.05) is 7.11 Å². The number of fused-ring (bicyclic) bond motifs is 1. The summed E-state index contributed by atoms with van der Waals surface area (Å²) in [5, 5.41) is 0.971. The van der Waals surface area contributed by atoms with E-state index in [0.29, 0.717) is 37.5 Å². The zero-order chi connectivity index (χ0) is 15.0. The normalized spacial score (nSPS) is 10.8. The molecule has 106 valence electrons. The molecule has 0 amide bonds. The van der Waals surface area contributed by atoms with Gasteiger partial charge in [0.05, 0.1) is 28.6 Å². The molecule has 0 atom stereocenters. The highest BCUT2D eigenvalue weighted by Gasteiger charge is 2.16. The van der Waals surface area contributed by atoms with Crippen molar-refractivity contribution in [1.29, 1.82) is 0 Å². The van der Waals surface area contributed by atoms with Gasteiger partial charge in [0.15, 0.2) is 0 Å². The summed E-state index contributed by atoms with van der Waals surface area (Å²) < 4.78 is 6.02. The number of aromatic amines is 1. The van der Waals surface area contributed by atoms with Crippen LogP contribution in [0, 0.1) is 0 Å². The summed E-state index contributed by atoms with van der Waals surface area (Å²) in [7, 11) is 1.54. The number of aromatic nitrogens is 2. The summed E-state index contributed by atoms with van der Waals surface area (Å²) in [6, 6.07) is 10.7. The Morgan fingerprint density at radius 2 is 2.00 bits per heavy atom. The zero-order valence-electron chi connectivity index (χ0n) is 11.0. The first-order chi connectivity index (χ1) is 10.1. The van der Waals surface area contributed by atoms with Crippen molar-refractivity contribution in [2.45, 2.75) is 0 Å². The van der Waals surface area contributed by atoms with E-state index in [1.165, 1.54) is 0 Å². The van der Waals surface area contributed by atoms with E-state index in [1.807, 2.05) is 6.07 Å². The van der Waals surface area contributed by atoms with E-state index < -0.39 is 0 Å². The van der Waals surface area contributed by atoms with E-state index in [9.17, 15) is 4.79 Å². The summed E-state index contributed by atoms with van der Waals surface area (Å²) in [5.74, 6) is 0.920. The molecule has 0 aliphatic heterocycles. The van der Waals surface area contributed by atoms with Crippen molar-refractivity contribution < 1.29 is 4.74 Å². The third-order valence-electron chi connectivity index (χ3n) is 3.13. The first-order valence-electron chi connectivity index (χ1n) is 6.13. The molecule has 6 heteroatoms. The quantitative estimate of drug-likeness (QED) is 0.746. The van der Waals surface area contributed by atoms with Gasteiger partial charge in [-0.1, -0.05) is 23.7 Å². The van der Waals surface area contributed by atoms with Crippen molar-refractivity contribution in [3.8, 4) is 17.1 Å². The number of hydrogen-bond acceptors (Lipinski definition) is 3. The molecule has 0 unspecified atom stereocenters. The Kier molecular flexibility index (Phi) is 3.69. The average molecular weight is 366 g/mol. The van der Waals surface area contributed by atoms with Crippen molar-refractivity contribution in [2.24, 2.45) is 0 Å². The van der Waals surface area contributed by atoms with Crippen LogP contribution in [0.15, 0.2) is 45.7 Å². The first kappa shape index (κ1) is 14.1. The van der Waals surface area contributed by atoms with Crippen LogP contribution in [0.3, 0.4) is 0 Å². The second-order valence-electron chi connectivity index (χ2n) is 4.37. The molecule has 2 aromatic carbocycles. The van der Waals surface area contributed by atoms with Gasteiger partial charge in [0.25, 0.3) is 5.56 Å². The van der Waals surface area contributed by atoms with Crippen LogP contribution < -0.4 is 10.3 Å². The topological polar surface area (TPSA) is 55.0 Å². The zero-order valence-corrected chi connectivity index (χ0v) is 13.3. The summed E-state index contributed by atoms with van der Waals surface area (Å²) in [6.45, 7) is 0. The predicted molar refractivity (Wildman–Crippen MR) is 87.1 cm³/mol. The average Bonchev–Trinajstić information content (AvgIpc) is 2.49. The fourth-order valence-corrected chi connectivity index (χ4v) is 2.70. The molecule has 0 spiro atoms. The molecule has 0 aliphatic rings. The number of para-hydroxylation sites is 1. The van der Waals surface area contributed by atoms with Crippen LogP contribution >= 0.6 is 27.5 Å². The Morgan fingerprint density at radius 3 is 2.76 bits per heavy atom. The lowest BCUT2D eigenvalue weighted by molar-refractivity contribution is 0.416. The molecule has 0 saturated heterocycles.